The molecule has 0 bridgehead atoms. The molecule has 0 saturated carbocycles. The van der Waals surface area contributed by atoms with Crippen LogP contribution in [0.5, 0.6) is 0 Å². The van der Waals surface area contributed by atoms with Crippen molar-refractivity contribution in [3.8, 4) is 0 Å². The molecule has 0 fully saturated rings. The van der Waals surface area contributed by atoms with Gasteiger partial charge in [0.05, 0.1) is 6.04 Å². The first-order valence-electron chi connectivity index (χ1n) is 3.85. The summed E-state index contributed by atoms with van der Waals surface area (Å²) in [7, 11) is 0. The molecule has 0 aliphatic rings. The average molecular weight is 224 g/mol. The molecule has 0 spiro atoms. The van der Waals surface area contributed by atoms with E-state index in [1.54, 1.807) is 0 Å². The molecular weight excluding hydrogens is 216 g/mol. The molecule has 1 rings (SSSR count). The zero-order valence-electron chi connectivity index (χ0n) is 7.26. The van der Waals surface area contributed by atoms with Crippen molar-refractivity contribution in [2.24, 2.45) is 0 Å². The molecule has 1 unspecified atom stereocenters. The van der Waals surface area contributed by atoms with Gasteiger partial charge in [-0.2, -0.15) is 0 Å². The Balaban J connectivity index is 2.59. The van der Waals surface area contributed by atoms with Crippen molar-refractivity contribution >= 4 is 17.5 Å². The van der Waals surface area contributed by atoms with Gasteiger partial charge in [0.1, 0.15) is 0 Å². The van der Waals surface area contributed by atoms with E-state index < -0.39 is 18.4 Å². The molecule has 0 radical (unpaired) electrons. The van der Waals surface area contributed by atoms with Crippen LogP contribution in [0.1, 0.15) is 17.5 Å². The zero-order valence-corrected chi connectivity index (χ0v) is 8.02. The van der Waals surface area contributed by atoms with Gasteiger partial charge in [0, 0.05) is 0 Å². The summed E-state index contributed by atoms with van der Waals surface area (Å²) >= 11 is 5.41. The van der Waals surface area contributed by atoms with Crippen LogP contribution in [0.4, 0.5) is 8.78 Å². The van der Waals surface area contributed by atoms with Crippen molar-refractivity contribution in [3.63, 3.8) is 0 Å². The first kappa shape index (κ1) is 11.0. The highest BCUT2D eigenvalue weighted by Gasteiger charge is 2.19. The van der Waals surface area contributed by atoms with Gasteiger partial charge in [-0.3, -0.25) is 4.79 Å². The number of hydrogen-bond acceptors (Lipinski definition) is 2. The van der Waals surface area contributed by atoms with Crippen LogP contribution in [0.15, 0.2) is 16.5 Å². The Bertz CT molecular complexity index is 327. The third kappa shape index (κ3) is 2.70. The molecule has 1 atom stereocenters. The van der Waals surface area contributed by atoms with E-state index in [-0.39, 0.29) is 11.0 Å². The van der Waals surface area contributed by atoms with E-state index in [0.29, 0.717) is 0 Å². The molecule has 1 N–H and O–H groups in total. The van der Waals surface area contributed by atoms with Gasteiger partial charge >= 0.3 is 0 Å². The van der Waals surface area contributed by atoms with E-state index in [2.05, 4.69) is 5.32 Å². The predicted molar refractivity (Wildman–Crippen MR) is 46.7 cm³/mol. The van der Waals surface area contributed by atoms with Gasteiger partial charge in [0.15, 0.2) is 11.0 Å². The summed E-state index contributed by atoms with van der Waals surface area (Å²) in [5, 5.41) is 2.11. The maximum Gasteiger partial charge on any atom is 0.287 e. The molecule has 3 nitrogen and oxygen atoms in total. The van der Waals surface area contributed by atoms with Gasteiger partial charge in [0.25, 0.3) is 12.3 Å². The summed E-state index contributed by atoms with van der Waals surface area (Å²) in [5.74, 6) is -0.785. The van der Waals surface area contributed by atoms with E-state index in [1.807, 2.05) is 0 Å². The number of alkyl halides is 2. The molecule has 6 heteroatoms. The van der Waals surface area contributed by atoms with Crippen LogP contribution in [0.2, 0.25) is 5.22 Å². The molecule has 1 amide bonds. The number of halogens is 3. The van der Waals surface area contributed by atoms with Crippen molar-refractivity contribution in [2.75, 3.05) is 0 Å². The van der Waals surface area contributed by atoms with Crippen molar-refractivity contribution in [3.05, 3.63) is 23.1 Å². The SMILES string of the molecule is CC(NC(=O)c1ccc(Cl)o1)C(F)F. The van der Waals surface area contributed by atoms with Gasteiger partial charge in [-0.1, -0.05) is 0 Å². The highest BCUT2D eigenvalue weighted by Crippen LogP contribution is 2.13. The minimum absolute atomic E-state index is 0.0415. The number of furan rings is 1. The number of hydrogen-bond donors (Lipinski definition) is 1. The van der Waals surface area contributed by atoms with Gasteiger partial charge in [-0.05, 0) is 30.7 Å². The normalized spacial score (nSPS) is 12.9. The Hall–Kier alpha value is -1.10. The fraction of sp³-hybridized carbons (Fsp3) is 0.375. The molecule has 0 aliphatic heterocycles. The first-order chi connectivity index (χ1) is 6.50. The van der Waals surface area contributed by atoms with Gasteiger partial charge in [0.2, 0.25) is 0 Å². The molecule has 14 heavy (non-hydrogen) atoms. The molecule has 78 valence electrons. The second kappa shape index (κ2) is 4.41. The Kier molecular flexibility index (Phi) is 3.46. The fourth-order valence-electron chi connectivity index (χ4n) is 0.777. The Morgan fingerprint density at radius 1 is 1.57 bits per heavy atom. The van der Waals surface area contributed by atoms with Crippen molar-refractivity contribution in [1.82, 2.24) is 5.32 Å². The topological polar surface area (TPSA) is 42.2 Å². The van der Waals surface area contributed by atoms with Crippen LogP contribution in [-0.2, 0) is 0 Å². The summed E-state index contributed by atoms with van der Waals surface area (Å²) in [4.78, 5) is 11.2. The third-order valence-corrected chi connectivity index (χ3v) is 1.74. The van der Waals surface area contributed by atoms with Gasteiger partial charge < -0.3 is 9.73 Å². The lowest BCUT2D eigenvalue weighted by molar-refractivity contribution is 0.0758. The van der Waals surface area contributed by atoms with Crippen molar-refractivity contribution in [1.29, 1.82) is 0 Å². The monoisotopic (exact) mass is 223 g/mol. The Morgan fingerprint density at radius 2 is 2.21 bits per heavy atom. The van der Waals surface area contributed by atoms with E-state index in [4.69, 9.17) is 16.0 Å². The van der Waals surface area contributed by atoms with Crippen LogP contribution in [-0.4, -0.2) is 18.4 Å². The Labute approximate surface area is 84.0 Å². The van der Waals surface area contributed by atoms with Crippen LogP contribution >= 0.6 is 11.6 Å². The van der Waals surface area contributed by atoms with Crippen LogP contribution in [0.25, 0.3) is 0 Å². The minimum Gasteiger partial charge on any atom is -0.440 e. The smallest absolute Gasteiger partial charge is 0.287 e. The summed E-state index contributed by atoms with van der Waals surface area (Å²) in [5.41, 5.74) is 0. The molecule has 1 aromatic rings. The standard InChI is InChI=1S/C8H8ClF2NO2/c1-4(7(10)11)12-8(13)5-2-3-6(9)14-5/h2-4,7H,1H3,(H,12,13). The van der Waals surface area contributed by atoms with E-state index in [9.17, 15) is 13.6 Å². The first-order valence-corrected chi connectivity index (χ1v) is 4.23. The fourth-order valence-corrected chi connectivity index (χ4v) is 0.923. The number of amides is 1. The minimum atomic E-state index is -2.61. The largest absolute Gasteiger partial charge is 0.440 e. The second-order valence-electron chi connectivity index (χ2n) is 2.70. The van der Waals surface area contributed by atoms with Gasteiger partial charge in [-0.15, -0.1) is 0 Å². The third-order valence-electron chi connectivity index (χ3n) is 1.53. The van der Waals surface area contributed by atoms with Crippen LogP contribution in [0.3, 0.4) is 0 Å². The predicted octanol–water partition coefficient (Wildman–Crippen LogP) is 2.32. The summed E-state index contributed by atoms with van der Waals surface area (Å²) in [6.45, 7) is 1.20. The lowest BCUT2D eigenvalue weighted by Crippen LogP contribution is -2.37. The molecule has 0 aliphatic carbocycles. The van der Waals surface area contributed by atoms with Gasteiger partial charge in [-0.25, -0.2) is 8.78 Å². The van der Waals surface area contributed by atoms with E-state index in [0.717, 1.165) is 0 Å². The molecule has 0 saturated heterocycles. The van der Waals surface area contributed by atoms with E-state index >= 15 is 0 Å². The average Bonchev–Trinajstić information content (AvgIpc) is 2.51. The lowest BCUT2D eigenvalue weighted by Gasteiger charge is -2.10. The van der Waals surface area contributed by atoms with Crippen LogP contribution in [0, 0.1) is 0 Å². The molecular formula is C8H8ClF2NO2. The number of rotatable bonds is 3. The zero-order chi connectivity index (χ0) is 10.7. The highest BCUT2D eigenvalue weighted by atomic mass is 35.5. The van der Waals surface area contributed by atoms with Crippen molar-refractivity contribution in [2.45, 2.75) is 19.4 Å². The summed E-state index contributed by atoms with van der Waals surface area (Å²) < 4.78 is 28.8. The lowest BCUT2D eigenvalue weighted by atomic mass is 10.3. The molecule has 1 aromatic heterocycles. The number of carbonyl (C=O) groups is 1. The quantitative estimate of drug-likeness (QED) is 0.855. The number of nitrogens with one attached hydrogen (secondary N) is 1. The highest BCUT2D eigenvalue weighted by molar-refractivity contribution is 6.29. The molecule has 0 aromatic carbocycles. The Morgan fingerprint density at radius 3 is 2.64 bits per heavy atom. The summed E-state index contributed by atoms with van der Waals surface area (Å²) in [6, 6.07) is 1.46. The summed E-state index contributed by atoms with van der Waals surface area (Å²) in [6.07, 6.45) is -2.61. The maximum absolute atomic E-state index is 12.0. The van der Waals surface area contributed by atoms with E-state index in [1.165, 1.54) is 19.1 Å². The molecule has 1 heterocycles. The number of carbonyl (C=O) groups excluding carboxylic acids is 1. The maximum atomic E-state index is 12.0. The van der Waals surface area contributed by atoms with Crippen molar-refractivity contribution < 1.29 is 18.0 Å². The second-order valence-corrected chi connectivity index (χ2v) is 3.07. The van der Waals surface area contributed by atoms with Crippen LogP contribution < -0.4 is 5.32 Å².